The molecular weight excluding hydrogens is 258 g/mol. The summed E-state index contributed by atoms with van der Waals surface area (Å²) in [5.74, 6) is 0.378. The van der Waals surface area contributed by atoms with Crippen LogP contribution in [0.1, 0.15) is 13.8 Å². The molecule has 0 heterocycles. The lowest BCUT2D eigenvalue weighted by atomic mass is 9.97. The van der Waals surface area contributed by atoms with Crippen molar-refractivity contribution in [2.75, 3.05) is 18.6 Å². The smallest absolute Gasteiger partial charge is 0.312 e. The van der Waals surface area contributed by atoms with E-state index in [-0.39, 0.29) is 5.97 Å². The Kier molecular flexibility index (Phi) is 4.71. The lowest BCUT2D eigenvalue weighted by molar-refractivity contribution is -0.149. The average Bonchev–Trinajstić information content (AvgIpc) is 2.26. The van der Waals surface area contributed by atoms with E-state index in [4.69, 9.17) is 22.1 Å². The molecule has 0 aliphatic heterocycles. The van der Waals surface area contributed by atoms with Gasteiger partial charge in [-0.3, -0.25) is 4.79 Å². The van der Waals surface area contributed by atoms with E-state index in [1.807, 2.05) is 19.9 Å². The molecule has 5 heteroatoms. The molecular formula is C12H16ClNO2S. The zero-order valence-corrected chi connectivity index (χ0v) is 11.7. The topological polar surface area (TPSA) is 52.3 Å². The number of carbonyl (C=O) groups is 1. The highest BCUT2D eigenvalue weighted by Gasteiger charge is 2.28. The molecule has 1 aromatic carbocycles. The van der Waals surface area contributed by atoms with Crippen LogP contribution in [0.25, 0.3) is 0 Å². The van der Waals surface area contributed by atoms with Gasteiger partial charge in [-0.15, -0.1) is 11.8 Å². The summed E-state index contributed by atoms with van der Waals surface area (Å²) in [5, 5.41) is 0.610. The van der Waals surface area contributed by atoms with Crippen molar-refractivity contribution in [3.8, 4) is 0 Å². The van der Waals surface area contributed by atoms with Crippen molar-refractivity contribution in [2.24, 2.45) is 5.41 Å². The van der Waals surface area contributed by atoms with E-state index in [9.17, 15) is 4.79 Å². The van der Waals surface area contributed by atoms with E-state index in [1.165, 1.54) is 18.9 Å². The van der Waals surface area contributed by atoms with Crippen molar-refractivity contribution in [3.63, 3.8) is 0 Å². The van der Waals surface area contributed by atoms with Crippen molar-refractivity contribution >= 4 is 35.0 Å². The summed E-state index contributed by atoms with van der Waals surface area (Å²) in [5.41, 5.74) is 5.93. The average molecular weight is 274 g/mol. The normalized spacial score (nSPS) is 11.3. The molecule has 0 radical (unpaired) electrons. The van der Waals surface area contributed by atoms with Crippen molar-refractivity contribution in [1.82, 2.24) is 0 Å². The van der Waals surface area contributed by atoms with Gasteiger partial charge in [0.1, 0.15) is 0 Å². The number of hydrogen-bond acceptors (Lipinski definition) is 4. The molecule has 1 rings (SSSR count). The van der Waals surface area contributed by atoms with E-state index < -0.39 is 5.41 Å². The fraction of sp³-hybridized carbons (Fsp3) is 0.417. The molecule has 0 unspecified atom stereocenters. The Bertz CT molecular complexity index is 421. The molecule has 0 saturated carbocycles. The van der Waals surface area contributed by atoms with Crippen molar-refractivity contribution in [2.45, 2.75) is 18.7 Å². The Balaban J connectivity index is 2.70. The van der Waals surface area contributed by atoms with E-state index in [0.717, 1.165) is 4.90 Å². The summed E-state index contributed by atoms with van der Waals surface area (Å²) in [7, 11) is 1.39. The molecule has 0 saturated heterocycles. The molecule has 0 amide bonds. The first kappa shape index (κ1) is 14.2. The SMILES string of the molecule is COC(=O)C(C)(C)CSc1ccc(Cl)cc1N. The minimum absolute atomic E-state index is 0.225. The van der Waals surface area contributed by atoms with Crippen LogP contribution in [-0.2, 0) is 9.53 Å². The standard InChI is InChI=1S/C12H16ClNO2S/c1-12(2,11(15)16-3)7-17-10-5-4-8(13)6-9(10)14/h4-6H,7,14H2,1-3H3. The molecule has 0 spiro atoms. The lowest BCUT2D eigenvalue weighted by Crippen LogP contribution is -2.28. The number of benzene rings is 1. The molecule has 3 nitrogen and oxygen atoms in total. The Hall–Kier alpha value is -0.870. The Morgan fingerprint density at radius 3 is 2.71 bits per heavy atom. The van der Waals surface area contributed by atoms with E-state index >= 15 is 0 Å². The predicted octanol–water partition coefficient (Wildman–Crippen LogP) is 3.21. The van der Waals surface area contributed by atoms with Crippen molar-refractivity contribution in [3.05, 3.63) is 23.2 Å². The molecule has 94 valence electrons. The summed E-state index contributed by atoms with van der Waals surface area (Å²) in [6.45, 7) is 3.69. The molecule has 0 bridgehead atoms. The molecule has 0 aliphatic carbocycles. The summed E-state index contributed by atoms with van der Waals surface area (Å²) in [4.78, 5) is 12.4. The second-order valence-corrected chi connectivity index (χ2v) is 5.80. The third-order valence-electron chi connectivity index (χ3n) is 2.30. The predicted molar refractivity (Wildman–Crippen MR) is 72.4 cm³/mol. The third kappa shape index (κ3) is 3.82. The highest BCUT2D eigenvalue weighted by Crippen LogP contribution is 2.33. The first-order valence-corrected chi connectivity index (χ1v) is 6.49. The van der Waals surface area contributed by atoms with Crippen LogP contribution < -0.4 is 5.73 Å². The lowest BCUT2D eigenvalue weighted by Gasteiger charge is -2.21. The van der Waals surface area contributed by atoms with Crippen LogP contribution in [0.5, 0.6) is 0 Å². The maximum absolute atomic E-state index is 11.5. The number of nitrogen functional groups attached to an aromatic ring is 1. The molecule has 2 N–H and O–H groups in total. The number of esters is 1. The summed E-state index contributed by atoms with van der Waals surface area (Å²) in [6.07, 6.45) is 0. The number of methoxy groups -OCH3 is 1. The van der Waals surface area contributed by atoms with Crippen molar-refractivity contribution in [1.29, 1.82) is 0 Å². The van der Waals surface area contributed by atoms with Crippen LogP contribution in [0, 0.1) is 5.41 Å². The van der Waals surface area contributed by atoms with Gasteiger partial charge in [0.25, 0.3) is 0 Å². The van der Waals surface area contributed by atoms with E-state index in [0.29, 0.717) is 16.5 Å². The van der Waals surface area contributed by atoms with Crippen LogP contribution in [0.15, 0.2) is 23.1 Å². The second kappa shape index (κ2) is 5.65. The highest BCUT2D eigenvalue weighted by atomic mass is 35.5. The molecule has 1 aromatic rings. The zero-order chi connectivity index (χ0) is 13.1. The maximum Gasteiger partial charge on any atom is 0.312 e. The number of halogens is 1. The first-order chi connectivity index (χ1) is 7.86. The van der Waals surface area contributed by atoms with Crippen LogP contribution in [-0.4, -0.2) is 18.8 Å². The minimum atomic E-state index is -0.536. The van der Waals surface area contributed by atoms with Gasteiger partial charge < -0.3 is 10.5 Å². The number of rotatable bonds is 4. The molecule has 0 fully saturated rings. The monoisotopic (exact) mass is 273 g/mol. The molecule has 0 atom stereocenters. The fourth-order valence-electron chi connectivity index (χ4n) is 1.24. The number of hydrogen-bond donors (Lipinski definition) is 1. The first-order valence-electron chi connectivity index (χ1n) is 5.13. The highest BCUT2D eigenvalue weighted by molar-refractivity contribution is 7.99. The van der Waals surface area contributed by atoms with E-state index in [1.54, 1.807) is 12.1 Å². The Morgan fingerprint density at radius 2 is 2.18 bits per heavy atom. The van der Waals surface area contributed by atoms with E-state index in [2.05, 4.69) is 0 Å². The summed E-state index contributed by atoms with van der Waals surface area (Å²) < 4.78 is 4.75. The van der Waals surface area contributed by atoms with Crippen LogP contribution in [0.3, 0.4) is 0 Å². The second-order valence-electron chi connectivity index (χ2n) is 4.35. The third-order valence-corrected chi connectivity index (χ3v) is 4.08. The van der Waals surface area contributed by atoms with Gasteiger partial charge in [-0.1, -0.05) is 11.6 Å². The molecule has 17 heavy (non-hydrogen) atoms. The Morgan fingerprint density at radius 1 is 1.53 bits per heavy atom. The van der Waals surface area contributed by atoms with Gasteiger partial charge in [-0.2, -0.15) is 0 Å². The zero-order valence-electron chi connectivity index (χ0n) is 10.1. The minimum Gasteiger partial charge on any atom is -0.469 e. The van der Waals surface area contributed by atoms with Gasteiger partial charge in [0.05, 0.1) is 12.5 Å². The number of carbonyl (C=O) groups excluding carboxylic acids is 1. The molecule has 0 aromatic heterocycles. The quantitative estimate of drug-likeness (QED) is 0.520. The van der Waals surface area contributed by atoms with Gasteiger partial charge in [0, 0.05) is 21.4 Å². The maximum atomic E-state index is 11.5. The van der Waals surface area contributed by atoms with Gasteiger partial charge >= 0.3 is 5.97 Å². The number of thioether (sulfide) groups is 1. The Labute approximate surface area is 111 Å². The van der Waals surface area contributed by atoms with Gasteiger partial charge in [-0.25, -0.2) is 0 Å². The van der Waals surface area contributed by atoms with Gasteiger partial charge in [0.15, 0.2) is 0 Å². The molecule has 0 aliphatic rings. The van der Waals surface area contributed by atoms with Gasteiger partial charge in [-0.05, 0) is 32.0 Å². The number of ether oxygens (including phenoxy) is 1. The van der Waals surface area contributed by atoms with Crippen LogP contribution >= 0.6 is 23.4 Å². The van der Waals surface area contributed by atoms with Gasteiger partial charge in [0.2, 0.25) is 0 Å². The largest absolute Gasteiger partial charge is 0.469 e. The van der Waals surface area contributed by atoms with Crippen molar-refractivity contribution < 1.29 is 9.53 Å². The fourth-order valence-corrected chi connectivity index (χ4v) is 2.45. The number of nitrogens with two attached hydrogens (primary N) is 1. The van der Waals surface area contributed by atoms with Crippen LogP contribution in [0.2, 0.25) is 5.02 Å². The number of anilines is 1. The summed E-state index contributed by atoms with van der Waals surface area (Å²) in [6, 6.07) is 5.34. The van der Waals surface area contributed by atoms with Crippen LogP contribution in [0.4, 0.5) is 5.69 Å². The summed E-state index contributed by atoms with van der Waals surface area (Å²) >= 11 is 7.34.